The summed E-state index contributed by atoms with van der Waals surface area (Å²) < 4.78 is 19.1. The zero-order chi connectivity index (χ0) is 24.9. The fourth-order valence-corrected chi connectivity index (χ4v) is 4.20. The van der Waals surface area contributed by atoms with Gasteiger partial charge in [-0.05, 0) is 50.6 Å². The first-order chi connectivity index (χ1) is 17.1. The Labute approximate surface area is 205 Å². The van der Waals surface area contributed by atoms with Gasteiger partial charge >= 0.3 is 0 Å². The minimum Gasteiger partial charge on any atom is -0.493 e. The SMILES string of the molecule is CCN(C=NC1=C(C#N)C(c2ccc(OC)c(OC)c2)c2c(C)nn(-c3ccccc3)c2O1)CC. The van der Waals surface area contributed by atoms with Gasteiger partial charge in [-0.25, -0.2) is 9.67 Å². The molecule has 35 heavy (non-hydrogen) atoms. The predicted octanol–water partition coefficient (Wildman–Crippen LogP) is 4.83. The highest BCUT2D eigenvalue weighted by Gasteiger charge is 2.37. The largest absolute Gasteiger partial charge is 0.493 e. The molecule has 3 aromatic rings. The highest BCUT2D eigenvalue weighted by molar-refractivity contribution is 5.62. The molecule has 1 aliphatic heterocycles. The Balaban J connectivity index is 1.95. The van der Waals surface area contributed by atoms with Crippen molar-refractivity contribution >= 4 is 6.34 Å². The zero-order valence-corrected chi connectivity index (χ0v) is 20.6. The third kappa shape index (κ3) is 4.45. The summed E-state index contributed by atoms with van der Waals surface area (Å²) in [5.41, 5.74) is 3.71. The highest BCUT2D eigenvalue weighted by atomic mass is 16.5. The molecule has 0 aliphatic carbocycles. The number of aliphatic imine (C=N–C) groups is 1. The van der Waals surface area contributed by atoms with E-state index in [9.17, 15) is 5.26 Å². The maximum absolute atomic E-state index is 10.3. The van der Waals surface area contributed by atoms with Gasteiger partial charge in [0.15, 0.2) is 11.5 Å². The number of aromatic nitrogens is 2. The molecule has 8 nitrogen and oxygen atoms in total. The Morgan fingerprint density at radius 2 is 1.83 bits per heavy atom. The Hall–Kier alpha value is -4.25. The van der Waals surface area contributed by atoms with Gasteiger partial charge in [0.1, 0.15) is 11.6 Å². The first-order valence-corrected chi connectivity index (χ1v) is 11.5. The van der Waals surface area contributed by atoms with Crippen LogP contribution < -0.4 is 14.2 Å². The second kappa shape index (κ2) is 10.3. The molecule has 0 bridgehead atoms. The molecule has 4 rings (SSSR count). The summed E-state index contributed by atoms with van der Waals surface area (Å²) in [6.07, 6.45) is 1.72. The van der Waals surface area contributed by atoms with Crippen LogP contribution >= 0.6 is 0 Å². The molecule has 0 saturated heterocycles. The standard InChI is InChI=1S/C27H29N5O3/c1-6-31(7-2)17-29-26-21(16-28)25(19-13-14-22(33-4)23(15-19)34-5)24-18(3)30-32(27(24)35-26)20-11-9-8-10-12-20/h8-15,17,25H,6-7H2,1-5H3. The van der Waals surface area contributed by atoms with E-state index in [1.165, 1.54) is 0 Å². The van der Waals surface area contributed by atoms with Gasteiger partial charge in [0, 0.05) is 13.1 Å². The highest BCUT2D eigenvalue weighted by Crippen LogP contribution is 2.47. The molecule has 1 unspecified atom stereocenters. The molecule has 1 aromatic heterocycles. The van der Waals surface area contributed by atoms with E-state index in [1.807, 2.05) is 60.4 Å². The third-order valence-electron chi connectivity index (χ3n) is 6.08. The van der Waals surface area contributed by atoms with Crippen molar-refractivity contribution in [3.63, 3.8) is 0 Å². The quantitative estimate of drug-likeness (QED) is 0.346. The van der Waals surface area contributed by atoms with Crippen molar-refractivity contribution in [1.82, 2.24) is 14.7 Å². The van der Waals surface area contributed by atoms with Crippen molar-refractivity contribution in [2.45, 2.75) is 26.7 Å². The van der Waals surface area contributed by atoms with E-state index in [1.54, 1.807) is 25.2 Å². The number of allylic oxidation sites excluding steroid dienone is 1. The van der Waals surface area contributed by atoms with Gasteiger partial charge in [-0.1, -0.05) is 24.3 Å². The number of methoxy groups -OCH3 is 2. The summed E-state index contributed by atoms with van der Waals surface area (Å²) in [6, 6.07) is 17.8. The first kappa shape index (κ1) is 23.9. The molecule has 0 N–H and O–H groups in total. The van der Waals surface area contributed by atoms with Crippen molar-refractivity contribution in [1.29, 1.82) is 5.26 Å². The van der Waals surface area contributed by atoms with Crippen LogP contribution in [0.3, 0.4) is 0 Å². The molecule has 2 heterocycles. The minimum atomic E-state index is -0.440. The summed E-state index contributed by atoms with van der Waals surface area (Å²) >= 11 is 0. The Morgan fingerprint density at radius 3 is 2.46 bits per heavy atom. The number of rotatable bonds is 8. The van der Waals surface area contributed by atoms with Gasteiger partial charge in [0.05, 0.1) is 43.4 Å². The summed E-state index contributed by atoms with van der Waals surface area (Å²) in [6.45, 7) is 7.61. The van der Waals surface area contributed by atoms with Gasteiger partial charge in [-0.2, -0.15) is 10.4 Å². The second-order valence-electron chi connectivity index (χ2n) is 8.00. The number of hydrogen-bond donors (Lipinski definition) is 0. The van der Waals surface area contributed by atoms with Crippen LogP contribution in [0.1, 0.15) is 36.6 Å². The molecule has 0 fully saturated rings. The van der Waals surface area contributed by atoms with Crippen molar-refractivity contribution < 1.29 is 14.2 Å². The van der Waals surface area contributed by atoms with Crippen LogP contribution in [0.25, 0.3) is 5.69 Å². The molecule has 0 spiro atoms. The van der Waals surface area contributed by atoms with E-state index in [4.69, 9.17) is 19.3 Å². The van der Waals surface area contributed by atoms with Crippen molar-refractivity contribution in [2.24, 2.45) is 4.99 Å². The van der Waals surface area contributed by atoms with Gasteiger partial charge < -0.3 is 19.1 Å². The molecule has 1 atom stereocenters. The lowest BCUT2D eigenvalue weighted by atomic mass is 9.84. The van der Waals surface area contributed by atoms with Crippen molar-refractivity contribution in [3.8, 4) is 29.1 Å². The molecule has 180 valence electrons. The predicted molar refractivity (Wildman–Crippen MR) is 134 cm³/mol. The van der Waals surface area contributed by atoms with Crippen LogP contribution in [0, 0.1) is 18.3 Å². The number of hydrogen-bond acceptors (Lipinski definition) is 6. The number of aryl methyl sites for hydroxylation is 1. The van der Waals surface area contributed by atoms with Crippen molar-refractivity contribution in [2.75, 3.05) is 27.3 Å². The van der Waals surface area contributed by atoms with Crippen LogP contribution in [0.2, 0.25) is 0 Å². The number of ether oxygens (including phenoxy) is 3. The van der Waals surface area contributed by atoms with Crippen LogP contribution in [0.15, 0.2) is 65.0 Å². The lowest BCUT2D eigenvalue weighted by molar-refractivity contribution is 0.353. The van der Waals surface area contributed by atoms with Crippen molar-refractivity contribution in [3.05, 3.63) is 76.8 Å². The van der Waals surface area contributed by atoms with Gasteiger partial charge in [-0.3, -0.25) is 0 Å². The topological polar surface area (TPSA) is 84.9 Å². The summed E-state index contributed by atoms with van der Waals surface area (Å²) in [7, 11) is 3.19. The first-order valence-electron chi connectivity index (χ1n) is 11.5. The van der Waals surface area contributed by atoms with E-state index in [-0.39, 0.29) is 5.88 Å². The molecule has 0 radical (unpaired) electrons. The molecule has 1 aliphatic rings. The molecular weight excluding hydrogens is 442 g/mol. The van der Waals surface area contributed by atoms with E-state index >= 15 is 0 Å². The minimum absolute atomic E-state index is 0.253. The number of nitrogens with zero attached hydrogens (tertiary/aromatic N) is 5. The van der Waals surface area contributed by atoms with Gasteiger partial charge in [-0.15, -0.1) is 0 Å². The lowest BCUT2D eigenvalue weighted by Crippen LogP contribution is -2.22. The Kier molecular flexibility index (Phi) is 7.06. The zero-order valence-electron chi connectivity index (χ0n) is 20.6. The van der Waals surface area contributed by atoms with Crippen LogP contribution in [0.4, 0.5) is 0 Å². The fourth-order valence-electron chi connectivity index (χ4n) is 4.20. The van der Waals surface area contributed by atoms with E-state index < -0.39 is 5.92 Å². The maximum atomic E-state index is 10.3. The van der Waals surface area contributed by atoms with E-state index in [2.05, 4.69) is 24.9 Å². The molecule has 0 saturated carbocycles. The third-order valence-corrected chi connectivity index (χ3v) is 6.08. The summed E-state index contributed by atoms with van der Waals surface area (Å²) in [5.74, 6) is 1.55. The van der Waals surface area contributed by atoms with E-state index in [0.29, 0.717) is 23.0 Å². The van der Waals surface area contributed by atoms with Gasteiger partial charge in [0.25, 0.3) is 0 Å². The molecule has 2 aromatic carbocycles. The summed E-state index contributed by atoms with van der Waals surface area (Å²) in [5, 5.41) is 15.1. The van der Waals surface area contributed by atoms with Crippen LogP contribution in [-0.2, 0) is 0 Å². The van der Waals surface area contributed by atoms with Crippen LogP contribution in [-0.4, -0.2) is 48.3 Å². The second-order valence-corrected chi connectivity index (χ2v) is 8.00. The molecule has 8 heteroatoms. The smallest absolute Gasteiger partial charge is 0.237 e. The number of fused-ring (bicyclic) bond motifs is 1. The number of benzene rings is 2. The average molecular weight is 472 g/mol. The molecular formula is C27H29N5O3. The van der Waals surface area contributed by atoms with E-state index in [0.717, 1.165) is 35.6 Å². The Bertz CT molecular complexity index is 1300. The Morgan fingerprint density at radius 1 is 1.11 bits per heavy atom. The molecule has 0 amide bonds. The average Bonchev–Trinajstić information content (AvgIpc) is 3.24. The monoisotopic (exact) mass is 471 g/mol. The van der Waals surface area contributed by atoms with Crippen LogP contribution in [0.5, 0.6) is 17.4 Å². The number of para-hydroxylation sites is 1. The summed E-state index contributed by atoms with van der Waals surface area (Å²) in [4.78, 5) is 6.64. The van der Waals surface area contributed by atoms with Gasteiger partial charge in [0.2, 0.25) is 11.8 Å². The fraction of sp³-hybridized carbons (Fsp3) is 0.296. The number of nitriles is 1. The lowest BCUT2D eigenvalue weighted by Gasteiger charge is -2.26. The normalized spacial score (nSPS) is 14.9. The maximum Gasteiger partial charge on any atom is 0.237 e.